The highest BCUT2D eigenvalue weighted by molar-refractivity contribution is 7.80. The predicted molar refractivity (Wildman–Crippen MR) is 41.0 cm³/mol. The first-order valence-corrected chi connectivity index (χ1v) is 2.62. The zero-order chi connectivity index (χ0) is 6.41. The summed E-state index contributed by atoms with van der Waals surface area (Å²) in [5, 5.41) is 2.13. The molecule has 8 heavy (non-hydrogen) atoms. The Bertz CT molecular complexity index is 151. The fourth-order valence-electron chi connectivity index (χ4n) is 0.141. The fraction of sp³-hybridized carbons (Fsp3) is 0. The van der Waals surface area contributed by atoms with Crippen LogP contribution in [0.3, 0.4) is 0 Å². The van der Waals surface area contributed by atoms with Crippen LogP contribution in [0, 0.1) is 0 Å². The second-order valence-electron chi connectivity index (χ2n) is 0.938. The molecular weight excluding hydrogens is 140 g/mol. The van der Waals surface area contributed by atoms with Gasteiger partial charge in [0, 0.05) is 6.20 Å². The lowest BCUT2D eigenvalue weighted by molar-refractivity contribution is 1.62. The molecule has 0 radical (unpaired) electrons. The molecule has 4 heteroatoms. The molecule has 0 aromatic heterocycles. The Kier molecular flexibility index (Phi) is 4.26. The summed E-state index contributed by atoms with van der Waals surface area (Å²) in [4.78, 5) is 3.72. The minimum absolute atomic E-state index is 0.291. The summed E-state index contributed by atoms with van der Waals surface area (Å²) in [5.41, 5.74) is 5.06. The quantitative estimate of drug-likeness (QED) is 0.355. The van der Waals surface area contributed by atoms with Crippen molar-refractivity contribution in [2.75, 3.05) is 0 Å². The van der Waals surface area contributed by atoms with E-state index in [0.29, 0.717) is 4.99 Å². The molecule has 0 saturated heterocycles. The molecular formula is C4H4N2S2. The van der Waals surface area contributed by atoms with Crippen molar-refractivity contribution in [2.24, 2.45) is 10.7 Å². The van der Waals surface area contributed by atoms with Crippen LogP contribution in [0.25, 0.3) is 0 Å². The van der Waals surface area contributed by atoms with E-state index in [1.54, 1.807) is 0 Å². The zero-order valence-electron chi connectivity index (χ0n) is 4.00. The first kappa shape index (κ1) is 7.43. The molecule has 2 N–H and O–H groups in total. The summed E-state index contributed by atoms with van der Waals surface area (Å²) >= 11 is 8.73. The molecule has 0 fully saturated rings. The standard InChI is InChI=1S/C4H4N2S2/c5-4(8)1-2-6-3-7/h1-2H,(H2,5,8). The third-order valence-electron chi connectivity index (χ3n) is 0.366. The highest BCUT2D eigenvalue weighted by Gasteiger charge is 1.70. The van der Waals surface area contributed by atoms with E-state index in [0.717, 1.165) is 0 Å². The van der Waals surface area contributed by atoms with Crippen molar-refractivity contribution in [3.05, 3.63) is 12.3 Å². The van der Waals surface area contributed by atoms with Crippen LogP contribution in [0.1, 0.15) is 0 Å². The van der Waals surface area contributed by atoms with Crippen molar-refractivity contribution in [2.45, 2.75) is 0 Å². The minimum atomic E-state index is 0.291. The molecule has 0 atom stereocenters. The summed E-state index contributed by atoms with van der Waals surface area (Å²) in [5.74, 6) is 0. The predicted octanol–water partition coefficient (Wildman–Crippen LogP) is 0.889. The van der Waals surface area contributed by atoms with Gasteiger partial charge in [0.15, 0.2) is 0 Å². The average Bonchev–Trinajstić information content (AvgIpc) is 1.66. The largest absolute Gasteiger partial charge is 0.390 e. The summed E-state index contributed by atoms with van der Waals surface area (Å²) < 4.78 is 0. The van der Waals surface area contributed by atoms with Gasteiger partial charge in [-0.3, -0.25) is 0 Å². The third kappa shape index (κ3) is 5.43. The smallest absolute Gasteiger partial charge is 0.0977 e. The summed E-state index contributed by atoms with van der Waals surface area (Å²) in [7, 11) is 0. The number of hydrogen-bond acceptors (Lipinski definition) is 3. The van der Waals surface area contributed by atoms with E-state index in [4.69, 9.17) is 5.73 Å². The van der Waals surface area contributed by atoms with E-state index in [1.807, 2.05) is 0 Å². The molecule has 0 spiro atoms. The van der Waals surface area contributed by atoms with E-state index in [9.17, 15) is 0 Å². The van der Waals surface area contributed by atoms with Crippen LogP contribution in [-0.2, 0) is 0 Å². The van der Waals surface area contributed by atoms with Gasteiger partial charge in [0.1, 0.15) is 0 Å². The Hall–Kier alpha value is -0.570. The maximum absolute atomic E-state index is 5.06. The van der Waals surface area contributed by atoms with Crippen molar-refractivity contribution < 1.29 is 0 Å². The maximum Gasteiger partial charge on any atom is 0.0977 e. The molecule has 0 unspecified atom stereocenters. The van der Waals surface area contributed by atoms with Crippen molar-refractivity contribution in [3.63, 3.8) is 0 Å². The highest BCUT2D eigenvalue weighted by Crippen LogP contribution is 1.72. The number of nitrogens with two attached hydrogens (primary N) is 1. The molecule has 0 amide bonds. The minimum Gasteiger partial charge on any atom is -0.390 e. The number of rotatable bonds is 2. The Morgan fingerprint density at radius 3 is 2.75 bits per heavy atom. The van der Waals surface area contributed by atoms with E-state index in [-0.39, 0.29) is 0 Å². The molecule has 0 heterocycles. The summed E-state index contributed by atoms with van der Waals surface area (Å²) in [6.07, 6.45) is 2.87. The number of aliphatic imine (C=N–C) groups is 1. The van der Waals surface area contributed by atoms with Gasteiger partial charge >= 0.3 is 0 Å². The third-order valence-corrected chi connectivity index (χ3v) is 0.608. The maximum atomic E-state index is 5.06. The number of thiocarbonyl (C=S) groups is 2. The van der Waals surface area contributed by atoms with Crippen LogP contribution < -0.4 is 5.73 Å². The van der Waals surface area contributed by atoms with Gasteiger partial charge in [-0.25, -0.2) is 4.99 Å². The van der Waals surface area contributed by atoms with Crippen molar-refractivity contribution in [1.82, 2.24) is 0 Å². The summed E-state index contributed by atoms with van der Waals surface area (Å²) in [6, 6.07) is 0. The fourth-order valence-corrected chi connectivity index (χ4v) is 0.263. The van der Waals surface area contributed by atoms with Gasteiger partial charge in [-0.05, 0) is 18.3 Å². The lowest BCUT2D eigenvalue weighted by Crippen LogP contribution is -2.01. The second kappa shape index (κ2) is 4.59. The molecule has 0 aliphatic rings. The van der Waals surface area contributed by atoms with Gasteiger partial charge in [-0.1, -0.05) is 12.2 Å². The highest BCUT2D eigenvalue weighted by atomic mass is 32.1. The summed E-state index contributed by atoms with van der Waals surface area (Å²) in [6.45, 7) is 0. The van der Waals surface area contributed by atoms with E-state index >= 15 is 0 Å². The normalized spacial score (nSPS) is 8.50. The zero-order valence-corrected chi connectivity index (χ0v) is 5.63. The van der Waals surface area contributed by atoms with Gasteiger partial charge < -0.3 is 5.73 Å². The van der Waals surface area contributed by atoms with Crippen LogP contribution in [0.4, 0.5) is 0 Å². The van der Waals surface area contributed by atoms with Gasteiger partial charge in [-0.15, -0.1) is 0 Å². The number of nitrogens with zero attached hydrogens (tertiary/aromatic N) is 1. The van der Waals surface area contributed by atoms with Crippen LogP contribution in [0.5, 0.6) is 0 Å². The average molecular weight is 144 g/mol. The Morgan fingerprint density at radius 1 is 1.75 bits per heavy atom. The molecule has 0 aliphatic heterocycles. The topological polar surface area (TPSA) is 38.4 Å². The van der Waals surface area contributed by atoms with Crippen LogP contribution in [0.15, 0.2) is 17.3 Å². The van der Waals surface area contributed by atoms with E-state index < -0.39 is 0 Å². The number of hydrogen-bond donors (Lipinski definition) is 1. The molecule has 0 saturated carbocycles. The molecule has 0 rings (SSSR count). The Morgan fingerprint density at radius 2 is 2.38 bits per heavy atom. The molecule has 0 aliphatic carbocycles. The lowest BCUT2D eigenvalue weighted by atomic mass is 10.6. The van der Waals surface area contributed by atoms with Crippen molar-refractivity contribution in [1.29, 1.82) is 0 Å². The molecule has 0 bridgehead atoms. The first-order valence-electron chi connectivity index (χ1n) is 1.80. The van der Waals surface area contributed by atoms with Gasteiger partial charge in [0.25, 0.3) is 0 Å². The molecule has 2 nitrogen and oxygen atoms in total. The van der Waals surface area contributed by atoms with Crippen molar-refractivity contribution in [3.8, 4) is 0 Å². The second-order valence-corrected chi connectivity index (χ2v) is 1.59. The van der Waals surface area contributed by atoms with E-state index in [1.165, 1.54) is 12.3 Å². The van der Waals surface area contributed by atoms with Crippen LogP contribution in [0.2, 0.25) is 0 Å². The van der Waals surface area contributed by atoms with E-state index in [2.05, 4.69) is 34.6 Å². The van der Waals surface area contributed by atoms with Crippen molar-refractivity contribution >= 4 is 34.6 Å². The molecule has 0 aromatic rings. The van der Waals surface area contributed by atoms with Crippen LogP contribution in [-0.4, -0.2) is 10.1 Å². The van der Waals surface area contributed by atoms with Gasteiger partial charge in [-0.2, -0.15) is 0 Å². The monoisotopic (exact) mass is 144 g/mol. The first-order chi connectivity index (χ1) is 3.77. The molecule has 42 valence electrons. The molecule has 0 aromatic carbocycles. The Balaban J connectivity index is 3.67. The SMILES string of the molecule is NC(=S)C=CN=C=S. The van der Waals surface area contributed by atoms with Gasteiger partial charge in [0.05, 0.1) is 10.1 Å². The Labute approximate surface area is 58.1 Å². The number of isothiocyanates is 1. The van der Waals surface area contributed by atoms with Gasteiger partial charge in [0.2, 0.25) is 0 Å². The lowest BCUT2D eigenvalue weighted by Gasteiger charge is -1.75. The van der Waals surface area contributed by atoms with Crippen LogP contribution >= 0.6 is 24.4 Å².